The summed E-state index contributed by atoms with van der Waals surface area (Å²) in [5.74, 6) is 3.03. The third kappa shape index (κ3) is 5.87. The molecule has 3 aromatic rings. The number of aryl methyl sites for hydroxylation is 1. The Bertz CT molecular complexity index is 1160. The van der Waals surface area contributed by atoms with Crippen molar-refractivity contribution in [2.75, 3.05) is 39.2 Å². The van der Waals surface area contributed by atoms with Crippen molar-refractivity contribution in [2.45, 2.75) is 38.8 Å². The molecule has 8 heteroatoms. The molecule has 184 valence electrons. The summed E-state index contributed by atoms with van der Waals surface area (Å²) in [4.78, 5) is 6.77. The van der Waals surface area contributed by atoms with Crippen molar-refractivity contribution in [1.29, 1.82) is 5.26 Å². The van der Waals surface area contributed by atoms with Crippen LogP contribution in [0.3, 0.4) is 0 Å². The fraction of sp³-hybridized carbons (Fsp3) is 0.407. The molecule has 0 saturated carbocycles. The molecule has 0 bridgehead atoms. The summed E-state index contributed by atoms with van der Waals surface area (Å²) >= 11 is 0. The second-order valence-electron chi connectivity index (χ2n) is 8.55. The summed E-state index contributed by atoms with van der Waals surface area (Å²) in [5.41, 5.74) is 2.26. The molecule has 35 heavy (non-hydrogen) atoms. The number of nitriles is 1. The van der Waals surface area contributed by atoms with Gasteiger partial charge < -0.3 is 23.9 Å². The molecule has 1 atom stereocenters. The normalized spacial score (nSPS) is 14.7. The lowest BCUT2D eigenvalue weighted by Gasteiger charge is -2.35. The van der Waals surface area contributed by atoms with Crippen LogP contribution in [0.4, 0.5) is 5.88 Å². The molecule has 1 fully saturated rings. The van der Waals surface area contributed by atoms with Gasteiger partial charge >= 0.3 is 0 Å². The SMILES string of the molecule is COc1ccc(OC)c([C@@H](CNc2oc(COc3ccccc3C)nc2C#N)N2CCCCC2)c1. The maximum atomic E-state index is 9.64. The van der Waals surface area contributed by atoms with Crippen LogP contribution in [0.2, 0.25) is 0 Å². The number of piperidine rings is 1. The monoisotopic (exact) mass is 476 g/mol. The maximum Gasteiger partial charge on any atom is 0.236 e. The highest BCUT2D eigenvalue weighted by molar-refractivity contribution is 5.47. The molecule has 0 radical (unpaired) electrons. The van der Waals surface area contributed by atoms with Crippen LogP contribution < -0.4 is 19.5 Å². The van der Waals surface area contributed by atoms with Crippen LogP contribution >= 0.6 is 0 Å². The maximum absolute atomic E-state index is 9.64. The Kier molecular flexibility index (Phi) is 8.11. The predicted molar refractivity (Wildman–Crippen MR) is 133 cm³/mol. The van der Waals surface area contributed by atoms with Crippen LogP contribution in [-0.4, -0.2) is 43.7 Å². The van der Waals surface area contributed by atoms with Crippen LogP contribution in [0.25, 0.3) is 0 Å². The van der Waals surface area contributed by atoms with E-state index in [9.17, 15) is 5.26 Å². The molecule has 2 aromatic carbocycles. The number of methoxy groups -OCH3 is 2. The summed E-state index contributed by atoms with van der Waals surface area (Å²) in [6, 6.07) is 15.7. The Morgan fingerprint density at radius 3 is 2.60 bits per heavy atom. The third-order valence-electron chi connectivity index (χ3n) is 6.31. The number of aromatic nitrogens is 1. The average molecular weight is 477 g/mol. The number of nitrogens with zero attached hydrogens (tertiary/aromatic N) is 3. The van der Waals surface area contributed by atoms with Gasteiger partial charge in [-0.25, -0.2) is 0 Å². The molecule has 1 saturated heterocycles. The van der Waals surface area contributed by atoms with Crippen molar-refractivity contribution in [3.05, 3.63) is 65.2 Å². The summed E-state index contributed by atoms with van der Waals surface area (Å²) in [6.07, 6.45) is 3.53. The number of benzene rings is 2. The van der Waals surface area contributed by atoms with Gasteiger partial charge in [0.2, 0.25) is 17.5 Å². The van der Waals surface area contributed by atoms with Crippen LogP contribution in [0, 0.1) is 18.3 Å². The number of para-hydroxylation sites is 1. The lowest BCUT2D eigenvalue weighted by Crippen LogP contribution is -2.37. The zero-order valence-electron chi connectivity index (χ0n) is 20.5. The predicted octanol–water partition coefficient (Wildman–Crippen LogP) is 5.09. The van der Waals surface area contributed by atoms with Crippen LogP contribution in [0.5, 0.6) is 17.2 Å². The zero-order chi connectivity index (χ0) is 24.6. The van der Waals surface area contributed by atoms with E-state index < -0.39 is 0 Å². The fourth-order valence-electron chi connectivity index (χ4n) is 4.43. The largest absolute Gasteiger partial charge is 0.497 e. The number of likely N-dealkylation sites (tertiary alicyclic amines) is 1. The van der Waals surface area contributed by atoms with E-state index in [0.29, 0.717) is 18.3 Å². The van der Waals surface area contributed by atoms with E-state index in [4.69, 9.17) is 18.6 Å². The van der Waals surface area contributed by atoms with E-state index in [2.05, 4.69) is 21.3 Å². The van der Waals surface area contributed by atoms with Gasteiger partial charge in [-0.2, -0.15) is 10.2 Å². The van der Waals surface area contributed by atoms with E-state index in [0.717, 1.165) is 54.3 Å². The molecular formula is C27H32N4O4. The number of nitrogens with one attached hydrogen (secondary N) is 1. The lowest BCUT2D eigenvalue weighted by atomic mass is 10.00. The van der Waals surface area contributed by atoms with E-state index in [-0.39, 0.29) is 18.3 Å². The molecule has 1 aliphatic rings. The minimum Gasteiger partial charge on any atom is -0.497 e. The van der Waals surface area contributed by atoms with E-state index in [1.165, 1.54) is 6.42 Å². The van der Waals surface area contributed by atoms with Gasteiger partial charge in [-0.15, -0.1) is 0 Å². The van der Waals surface area contributed by atoms with Crippen LogP contribution in [-0.2, 0) is 6.61 Å². The molecule has 2 heterocycles. The second-order valence-corrected chi connectivity index (χ2v) is 8.55. The van der Waals surface area contributed by atoms with Crippen LogP contribution in [0.15, 0.2) is 46.9 Å². The van der Waals surface area contributed by atoms with E-state index in [1.54, 1.807) is 14.2 Å². The smallest absolute Gasteiger partial charge is 0.236 e. The highest BCUT2D eigenvalue weighted by atomic mass is 16.5. The molecule has 0 unspecified atom stereocenters. The van der Waals surface area contributed by atoms with Gasteiger partial charge in [0.15, 0.2) is 6.61 Å². The van der Waals surface area contributed by atoms with Crippen molar-refractivity contribution in [1.82, 2.24) is 9.88 Å². The Labute approximate surface area is 206 Å². The molecule has 8 nitrogen and oxygen atoms in total. The molecule has 0 amide bonds. The zero-order valence-corrected chi connectivity index (χ0v) is 20.5. The van der Waals surface area contributed by atoms with Gasteiger partial charge in [0.05, 0.1) is 20.3 Å². The number of rotatable bonds is 10. The van der Waals surface area contributed by atoms with Gasteiger partial charge in [-0.1, -0.05) is 24.6 Å². The van der Waals surface area contributed by atoms with Gasteiger partial charge in [0.25, 0.3) is 0 Å². The molecule has 4 rings (SSSR count). The molecule has 1 aromatic heterocycles. The second kappa shape index (κ2) is 11.6. The minimum atomic E-state index is 0.00339. The molecule has 1 aliphatic heterocycles. The quantitative estimate of drug-likeness (QED) is 0.433. The van der Waals surface area contributed by atoms with Crippen molar-refractivity contribution in [3.8, 4) is 23.3 Å². The van der Waals surface area contributed by atoms with Crippen molar-refractivity contribution < 1.29 is 18.6 Å². The van der Waals surface area contributed by atoms with E-state index in [1.807, 2.05) is 49.4 Å². The van der Waals surface area contributed by atoms with Crippen molar-refractivity contribution >= 4 is 5.88 Å². The first kappa shape index (κ1) is 24.4. The third-order valence-corrected chi connectivity index (χ3v) is 6.31. The summed E-state index contributed by atoms with van der Waals surface area (Å²) in [6.45, 7) is 4.62. The lowest BCUT2D eigenvalue weighted by molar-refractivity contribution is 0.167. The van der Waals surface area contributed by atoms with Gasteiger partial charge in [0.1, 0.15) is 23.3 Å². The highest BCUT2D eigenvalue weighted by Gasteiger charge is 2.26. The Morgan fingerprint density at radius 1 is 1.09 bits per heavy atom. The Morgan fingerprint density at radius 2 is 1.89 bits per heavy atom. The van der Waals surface area contributed by atoms with Crippen LogP contribution in [0.1, 0.15) is 48.0 Å². The van der Waals surface area contributed by atoms with E-state index >= 15 is 0 Å². The number of hydrogen-bond acceptors (Lipinski definition) is 8. The van der Waals surface area contributed by atoms with Gasteiger partial charge in [0, 0.05) is 12.1 Å². The topological polar surface area (TPSA) is 92.8 Å². The minimum absolute atomic E-state index is 0.00339. The highest BCUT2D eigenvalue weighted by Crippen LogP contribution is 2.35. The first-order valence-electron chi connectivity index (χ1n) is 11.9. The molecule has 0 spiro atoms. The molecular weight excluding hydrogens is 444 g/mol. The first-order valence-corrected chi connectivity index (χ1v) is 11.9. The molecule has 0 aliphatic carbocycles. The Hall–Kier alpha value is -3.70. The number of oxazole rings is 1. The van der Waals surface area contributed by atoms with Gasteiger partial charge in [-0.05, 0) is 62.7 Å². The molecule has 1 N–H and O–H groups in total. The Balaban J connectivity index is 1.54. The number of hydrogen-bond donors (Lipinski definition) is 1. The standard InChI is InChI=1S/C27H32N4O4/c1-19-9-5-6-10-24(19)34-18-26-30-22(16-28)27(35-26)29-17-23(31-13-7-4-8-14-31)21-15-20(32-2)11-12-25(21)33-3/h5-6,9-12,15,23,29H,4,7-8,13-14,17-18H2,1-3H3/t23-/m1/s1. The number of anilines is 1. The fourth-order valence-corrected chi connectivity index (χ4v) is 4.43. The van der Waals surface area contributed by atoms with Crippen molar-refractivity contribution in [3.63, 3.8) is 0 Å². The first-order chi connectivity index (χ1) is 17.1. The average Bonchev–Trinajstić information content (AvgIpc) is 3.31. The summed E-state index contributed by atoms with van der Waals surface area (Å²) in [7, 11) is 3.34. The number of ether oxygens (including phenoxy) is 3. The van der Waals surface area contributed by atoms with Crippen molar-refractivity contribution in [2.24, 2.45) is 0 Å². The summed E-state index contributed by atoms with van der Waals surface area (Å²) in [5, 5.41) is 13.0. The van der Waals surface area contributed by atoms with Gasteiger partial charge in [-0.3, -0.25) is 4.90 Å². The summed E-state index contributed by atoms with van der Waals surface area (Å²) < 4.78 is 22.9.